The summed E-state index contributed by atoms with van der Waals surface area (Å²) < 4.78 is 0. The van der Waals surface area contributed by atoms with E-state index in [-0.39, 0.29) is 11.8 Å². The van der Waals surface area contributed by atoms with Gasteiger partial charge in [0.1, 0.15) is 0 Å². The van der Waals surface area contributed by atoms with Crippen LogP contribution in [0.5, 0.6) is 0 Å². The number of carbonyl (C=O) groups is 2. The van der Waals surface area contributed by atoms with Crippen LogP contribution in [0.2, 0.25) is 0 Å². The van der Waals surface area contributed by atoms with Crippen molar-refractivity contribution < 1.29 is 9.59 Å². The molecule has 5 nitrogen and oxygen atoms in total. The number of amides is 2. The Bertz CT molecular complexity index is 697. The van der Waals surface area contributed by atoms with Crippen LogP contribution >= 0.6 is 11.3 Å². The number of anilines is 2. The number of para-hydroxylation sites is 2. The Hall–Kier alpha value is -2.34. The molecule has 2 aromatic rings. The van der Waals surface area contributed by atoms with Gasteiger partial charge in [-0.15, -0.1) is 11.3 Å². The van der Waals surface area contributed by atoms with Crippen LogP contribution in [0.4, 0.5) is 11.4 Å². The van der Waals surface area contributed by atoms with E-state index in [1.165, 1.54) is 11.3 Å². The van der Waals surface area contributed by atoms with Gasteiger partial charge in [-0.05, 0) is 30.7 Å². The van der Waals surface area contributed by atoms with Crippen LogP contribution in [0.1, 0.15) is 39.1 Å². The van der Waals surface area contributed by atoms with Crippen LogP contribution in [-0.4, -0.2) is 30.3 Å². The number of thiophene rings is 1. The first kappa shape index (κ1) is 17.0. The third-order valence-electron chi connectivity index (χ3n) is 3.44. The van der Waals surface area contributed by atoms with Crippen LogP contribution in [0.15, 0.2) is 36.4 Å². The fourth-order valence-electron chi connectivity index (χ4n) is 2.05. The summed E-state index contributed by atoms with van der Waals surface area (Å²) in [6, 6.07) is 10.4. The third-order valence-corrected chi connectivity index (χ3v) is 4.52. The lowest BCUT2D eigenvalue weighted by Crippen LogP contribution is -2.26. The van der Waals surface area contributed by atoms with Gasteiger partial charge in [-0.3, -0.25) is 9.59 Å². The Balaban J connectivity index is 2.05. The monoisotopic (exact) mass is 331 g/mol. The second-order valence-corrected chi connectivity index (χ2v) is 6.37. The minimum atomic E-state index is -0.261. The number of hydrogen-bond acceptors (Lipinski definition) is 4. The molecule has 0 bridgehead atoms. The van der Waals surface area contributed by atoms with Gasteiger partial charge in [0, 0.05) is 13.6 Å². The molecule has 0 radical (unpaired) electrons. The molecule has 0 saturated carbocycles. The van der Waals surface area contributed by atoms with Gasteiger partial charge in [-0.25, -0.2) is 0 Å². The Labute approximate surface area is 140 Å². The summed E-state index contributed by atoms with van der Waals surface area (Å²) in [5, 5.41) is 2.76. The van der Waals surface area contributed by atoms with Crippen molar-refractivity contribution >= 4 is 34.5 Å². The average molecular weight is 331 g/mol. The lowest BCUT2D eigenvalue weighted by molar-refractivity contribution is 0.0798. The fraction of sp³-hybridized carbons (Fsp3) is 0.294. The van der Waals surface area contributed by atoms with Crippen LogP contribution in [0.3, 0.4) is 0 Å². The van der Waals surface area contributed by atoms with Gasteiger partial charge in [-0.2, -0.15) is 0 Å². The van der Waals surface area contributed by atoms with Gasteiger partial charge in [-0.1, -0.05) is 25.5 Å². The molecule has 0 fully saturated rings. The maximum atomic E-state index is 12.3. The number of rotatable bonds is 6. The van der Waals surface area contributed by atoms with Gasteiger partial charge >= 0.3 is 0 Å². The van der Waals surface area contributed by atoms with E-state index in [1.54, 1.807) is 48.3 Å². The standard InChI is InChI=1S/C17H21N3O2S/c1-3-4-11-20(2)17(22)15-10-9-14(23-15)16(21)19-13-8-6-5-7-12(13)18/h5-10H,3-4,11,18H2,1-2H3,(H,19,21). The van der Waals surface area contributed by atoms with Gasteiger partial charge in [0.2, 0.25) is 0 Å². The second-order valence-electron chi connectivity index (χ2n) is 5.29. The highest BCUT2D eigenvalue weighted by atomic mass is 32.1. The molecule has 1 heterocycles. The van der Waals surface area contributed by atoms with Gasteiger partial charge in [0.05, 0.1) is 21.1 Å². The Morgan fingerprint density at radius 2 is 1.87 bits per heavy atom. The maximum Gasteiger partial charge on any atom is 0.265 e. The summed E-state index contributed by atoms with van der Waals surface area (Å²) in [5.41, 5.74) is 6.89. The molecule has 0 saturated heterocycles. The van der Waals surface area contributed by atoms with Crippen molar-refractivity contribution in [1.29, 1.82) is 0 Å². The first-order chi connectivity index (χ1) is 11.0. The highest BCUT2D eigenvalue weighted by Crippen LogP contribution is 2.22. The summed E-state index contributed by atoms with van der Waals surface area (Å²) >= 11 is 1.19. The molecular formula is C17H21N3O2S. The lowest BCUT2D eigenvalue weighted by atomic mass is 10.2. The molecule has 1 aromatic heterocycles. The molecule has 0 unspecified atom stereocenters. The third kappa shape index (κ3) is 4.32. The number of hydrogen-bond donors (Lipinski definition) is 2. The Morgan fingerprint density at radius 1 is 1.17 bits per heavy atom. The van der Waals surface area contributed by atoms with Crippen LogP contribution in [-0.2, 0) is 0 Å². The van der Waals surface area contributed by atoms with Gasteiger partial charge in [0.15, 0.2) is 0 Å². The molecule has 2 rings (SSSR count). The summed E-state index contributed by atoms with van der Waals surface area (Å²) in [6.07, 6.45) is 2.00. The topological polar surface area (TPSA) is 75.4 Å². The molecule has 0 aliphatic rings. The molecule has 6 heteroatoms. The predicted molar refractivity (Wildman–Crippen MR) is 95.0 cm³/mol. The molecule has 23 heavy (non-hydrogen) atoms. The highest BCUT2D eigenvalue weighted by Gasteiger charge is 2.17. The summed E-state index contributed by atoms with van der Waals surface area (Å²) in [7, 11) is 1.78. The van der Waals surface area contributed by atoms with Crippen molar-refractivity contribution in [3.8, 4) is 0 Å². The maximum absolute atomic E-state index is 12.3. The molecule has 1 aromatic carbocycles. The van der Waals surface area contributed by atoms with E-state index in [1.807, 2.05) is 0 Å². The van der Waals surface area contributed by atoms with Crippen LogP contribution < -0.4 is 11.1 Å². The number of nitrogens with zero attached hydrogens (tertiary/aromatic N) is 1. The largest absolute Gasteiger partial charge is 0.397 e. The van der Waals surface area contributed by atoms with Crippen LogP contribution in [0, 0.1) is 0 Å². The smallest absolute Gasteiger partial charge is 0.265 e. The van der Waals surface area contributed by atoms with Gasteiger partial charge in [0.25, 0.3) is 11.8 Å². The molecule has 122 valence electrons. The van der Waals surface area contributed by atoms with E-state index >= 15 is 0 Å². The molecule has 0 aliphatic heterocycles. The van der Waals surface area contributed by atoms with E-state index in [9.17, 15) is 9.59 Å². The quantitative estimate of drug-likeness (QED) is 0.796. The second kappa shape index (κ2) is 7.78. The van der Waals surface area contributed by atoms with Crippen molar-refractivity contribution in [2.45, 2.75) is 19.8 Å². The minimum absolute atomic E-state index is 0.0540. The van der Waals surface area contributed by atoms with Crippen molar-refractivity contribution in [3.63, 3.8) is 0 Å². The lowest BCUT2D eigenvalue weighted by Gasteiger charge is -2.15. The molecule has 3 N–H and O–H groups in total. The number of carbonyl (C=O) groups excluding carboxylic acids is 2. The van der Waals surface area contributed by atoms with Crippen molar-refractivity contribution in [2.24, 2.45) is 0 Å². The number of nitrogens with one attached hydrogen (secondary N) is 1. The van der Waals surface area contributed by atoms with Crippen molar-refractivity contribution in [1.82, 2.24) is 4.90 Å². The summed E-state index contributed by atoms with van der Waals surface area (Å²) in [4.78, 5) is 27.3. The number of nitrogens with two attached hydrogens (primary N) is 1. The van der Waals surface area contributed by atoms with E-state index in [0.717, 1.165) is 19.4 Å². The zero-order valence-electron chi connectivity index (χ0n) is 13.3. The minimum Gasteiger partial charge on any atom is -0.397 e. The van der Waals surface area contributed by atoms with Crippen LogP contribution in [0.25, 0.3) is 0 Å². The van der Waals surface area contributed by atoms with E-state index < -0.39 is 0 Å². The highest BCUT2D eigenvalue weighted by molar-refractivity contribution is 7.16. The Morgan fingerprint density at radius 3 is 2.57 bits per heavy atom. The molecule has 0 atom stereocenters. The van der Waals surface area contributed by atoms with E-state index in [2.05, 4.69) is 12.2 Å². The molecule has 0 aliphatic carbocycles. The average Bonchev–Trinajstić information content (AvgIpc) is 3.04. The SMILES string of the molecule is CCCCN(C)C(=O)c1ccc(C(=O)Nc2ccccc2N)s1. The first-order valence-electron chi connectivity index (χ1n) is 7.54. The fourth-order valence-corrected chi connectivity index (χ4v) is 2.95. The van der Waals surface area contributed by atoms with Gasteiger partial charge < -0.3 is 16.0 Å². The zero-order chi connectivity index (χ0) is 16.8. The zero-order valence-corrected chi connectivity index (χ0v) is 14.2. The number of nitrogen functional groups attached to an aromatic ring is 1. The van der Waals surface area contributed by atoms with E-state index in [4.69, 9.17) is 5.73 Å². The predicted octanol–water partition coefficient (Wildman–Crippen LogP) is 3.45. The molecule has 2 amide bonds. The summed E-state index contributed by atoms with van der Waals surface area (Å²) in [5.74, 6) is -0.315. The number of benzene rings is 1. The molecular weight excluding hydrogens is 310 g/mol. The Kier molecular flexibility index (Phi) is 5.76. The first-order valence-corrected chi connectivity index (χ1v) is 8.35. The van der Waals surface area contributed by atoms with Crippen molar-refractivity contribution in [3.05, 3.63) is 46.2 Å². The summed E-state index contributed by atoms with van der Waals surface area (Å²) in [6.45, 7) is 2.80. The normalized spacial score (nSPS) is 10.3. The molecule has 0 spiro atoms. The van der Waals surface area contributed by atoms with Crippen molar-refractivity contribution in [2.75, 3.05) is 24.6 Å². The number of unbranched alkanes of at least 4 members (excludes halogenated alkanes) is 1. The van der Waals surface area contributed by atoms with E-state index in [0.29, 0.717) is 21.1 Å².